The van der Waals surface area contributed by atoms with Crippen LogP contribution in [0.1, 0.15) is 11.3 Å². The van der Waals surface area contributed by atoms with E-state index in [2.05, 4.69) is 26.9 Å². The third-order valence-electron chi connectivity index (χ3n) is 3.84. The van der Waals surface area contributed by atoms with Gasteiger partial charge in [-0.05, 0) is 18.2 Å². The summed E-state index contributed by atoms with van der Waals surface area (Å²) in [4.78, 5) is 4.44. The number of benzene rings is 1. The van der Waals surface area contributed by atoms with Crippen molar-refractivity contribution in [2.24, 2.45) is 4.99 Å². The van der Waals surface area contributed by atoms with Crippen molar-refractivity contribution in [2.45, 2.75) is 19.6 Å². The van der Waals surface area contributed by atoms with E-state index in [1.165, 1.54) is 6.07 Å². The lowest BCUT2D eigenvalue weighted by Crippen LogP contribution is -2.38. The van der Waals surface area contributed by atoms with E-state index in [1.54, 1.807) is 18.4 Å². The summed E-state index contributed by atoms with van der Waals surface area (Å²) in [6.45, 7) is 1.93. The van der Waals surface area contributed by atoms with Crippen LogP contribution >= 0.6 is 0 Å². The highest BCUT2D eigenvalue weighted by molar-refractivity contribution is 5.80. The van der Waals surface area contributed by atoms with Crippen LogP contribution < -0.4 is 24.8 Å². The van der Waals surface area contributed by atoms with Crippen LogP contribution in [0.15, 0.2) is 52.6 Å². The Labute approximate surface area is 161 Å². The summed E-state index contributed by atoms with van der Waals surface area (Å²) >= 11 is 0. The van der Waals surface area contributed by atoms with Gasteiger partial charge in [-0.1, -0.05) is 6.08 Å². The predicted molar refractivity (Wildman–Crippen MR) is 99.0 cm³/mol. The van der Waals surface area contributed by atoms with Gasteiger partial charge in [0.05, 0.1) is 12.8 Å². The highest BCUT2D eigenvalue weighted by atomic mass is 19.3. The average molecular weight is 393 g/mol. The molecular weight excluding hydrogens is 372 g/mol. The quantitative estimate of drug-likeness (QED) is 0.387. The Balaban J connectivity index is 1.70. The van der Waals surface area contributed by atoms with Crippen molar-refractivity contribution < 1.29 is 27.4 Å². The van der Waals surface area contributed by atoms with E-state index in [0.717, 1.165) is 5.76 Å². The molecule has 3 rings (SSSR count). The molecule has 9 heteroatoms. The highest BCUT2D eigenvalue weighted by Gasteiger charge is 2.20. The molecule has 28 heavy (non-hydrogen) atoms. The number of aliphatic imine (C=N–C) groups is 1. The molecule has 0 saturated carbocycles. The number of hydrogen-bond donors (Lipinski definition) is 2. The summed E-state index contributed by atoms with van der Waals surface area (Å²) in [5.74, 6) is 2.19. The molecule has 0 spiro atoms. The van der Waals surface area contributed by atoms with Crippen molar-refractivity contribution in [3.8, 4) is 17.2 Å². The smallest absolute Gasteiger partial charge is 0.387 e. The van der Waals surface area contributed by atoms with Crippen LogP contribution in [-0.4, -0.2) is 32.5 Å². The molecule has 0 bridgehead atoms. The Bertz CT molecular complexity index is 810. The molecule has 0 fully saturated rings. The molecule has 0 atom stereocenters. The molecular formula is C19H21F2N3O4. The highest BCUT2D eigenvalue weighted by Crippen LogP contribution is 2.39. The fraction of sp³-hybridized carbons (Fsp3) is 0.316. The summed E-state index contributed by atoms with van der Waals surface area (Å²) in [5.41, 5.74) is 0.454. The Hall–Kier alpha value is -3.23. The minimum absolute atomic E-state index is 0.00153. The molecule has 1 aromatic carbocycles. The minimum atomic E-state index is -2.95. The first kappa shape index (κ1) is 19.5. The Morgan fingerprint density at radius 2 is 2.11 bits per heavy atom. The number of furan rings is 1. The second kappa shape index (κ2) is 9.63. The van der Waals surface area contributed by atoms with E-state index in [9.17, 15) is 8.78 Å². The molecule has 2 heterocycles. The van der Waals surface area contributed by atoms with Crippen LogP contribution in [0.25, 0.3) is 0 Å². The van der Waals surface area contributed by atoms with Crippen LogP contribution in [0.2, 0.25) is 0 Å². The van der Waals surface area contributed by atoms with Crippen molar-refractivity contribution >= 4 is 5.96 Å². The molecule has 0 radical (unpaired) electrons. The maximum atomic E-state index is 12.7. The fourth-order valence-electron chi connectivity index (χ4n) is 2.56. The van der Waals surface area contributed by atoms with Gasteiger partial charge in [0.2, 0.25) is 6.79 Å². The van der Waals surface area contributed by atoms with Gasteiger partial charge in [0.1, 0.15) is 11.5 Å². The lowest BCUT2D eigenvalue weighted by molar-refractivity contribution is -0.0505. The largest absolute Gasteiger partial charge is 0.469 e. The molecule has 150 valence electrons. The number of guanidine groups is 1. The zero-order valence-corrected chi connectivity index (χ0v) is 15.1. The molecule has 7 nitrogen and oxygen atoms in total. The lowest BCUT2D eigenvalue weighted by Gasteiger charge is -2.13. The number of nitrogens with zero attached hydrogens (tertiary/aromatic N) is 1. The molecule has 2 N–H and O–H groups in total. The molecule has 0 aliphatic carbocycles. The van der Waals surface area contributed by atoms with Gasteiger partial charge in [-0.2, -0.15) is 8.78 Å². The maximum absolute atomic E-state index is 12.7. The van der Waals surface area contributed by atoms with Gasteiger partial charge in [-0.25, -0.2) is 4.99 Å². The molecule has 1 aliphatic heterocycles. The van der Waals surface area contributed by atoms with Crippen molar-refractivity contribution in [3.05, 3.63) is 54.5 Å². The van der Waals surface area contributed by atoms with Crippen LogP contribution in [0.4, 0.5) is 8.78 Å². The van der Waals surface area contributed by atoms with E-state index in [0.29, 0.717) is 42.5 Å². The zero-order chi connectivity index (χ0) is 19.8. The molecule has 1 aliphatic rings. The average Bonchev–Trinajstić information content (AvgIpc) is 3.34. The van der Waals surface area contributed by atoms with Gasteiger partial charge < -0.3 is 29.3 Å². The second-order valence-corrected chi connectivity index (χ2v) is 5.78. The fourth-order valence-corrected chi connectivity index (χ4v) is 2.56. The monoisotopic (exact) mass is 393 g/mol. The molecule has 2 aromatic rings. The Morgan fingerprint density at radius 1 is 1.29 bits per heavy atom. The third kappa shape index (κ3) is 5.38. The number of hydrogen-bond acceptors (Lipinski definition) is 5. The van der Waals surface area contributed by atoms with Gasteiger partial charge in [-0.15, -0.1) is 6.58 Å². The Kier molecular flexibility index (Phi) is 6.72. The van der Waals surface area contributed by atoms with Crippen molar-refractivity contribution in [2.75, 3.05) is 19.9 Å². The van der Waals surface area contributed by atoms with E-state index in [-0.39, 0.29) is 19.1 Å². The molecule has 0 amide bonds. The van der Waals surface area contributed by atoms with Crippen LogP contribution in [-0.2, 0) is 13.0 Å². The number of alkyl halides is 2. The summed E-state index contributed by atoms with van der Waals surface area (Å²) < 4.78 is 45.9. The number of nitrogens with one attached hydrogen (secondary N) is 2. The van der Waals surface area contributed by atoms with Crippen molar-refractivity contribution in [1.82, 2.24) is 10.6 Å². The molecule has 0 saturated heterocycles. The minimum Gasteiger partial charge on any atom is -0.469 e. The summed E-state index contributed by atoms with van der Waals surface area (Å²) in [5, 5.41) is 6.24. The Morgan fingerprint density at radius 3 is 2.82 bits per heavy atom. The number of fused-ring (bicyclic) bond motifs is 1. The predicted octanol–water partition coefficient (Wildman–Crippen LogP) is 3.07. The zero-order valence-electron chi connectivity index (χ0n) is 15.1. The first-order valence-corrected chi connectivity index (χ1v) is 8.68. The van der Waals surface area contributed by atoms with Gasteiger partial charge in [0.25, 0.3) is 0 Å². The third-order valence-corrected chi connectivity index (χ3v) is 3.84. The van der Waals surface area contributed by atoms with Crippen LogP contribution in [0.3, 0.4) is 0 Å². The number of halogens is 2. The molecule has 1 aromatic heterocycles. The molecule has 0 unspecified atom stereocenters. The number of rotatable bonds is 9. The first-order chi connectivity index (χ1) is 13.7. The van der Waals surface area contributed by atoms with Crippen LogP contribution in [0.5, 0.6) is 17.2 Å². The maximum Gasteiger partial charge on any atom is 0.387 e. The van der Waals surface area contributed by atoms with E-state index < -0.39 is 6.61 Å². The summed E-state index contributed by atoms with van der Waals surface area (Å²) in [6, 6.07) is 6.69. The van der Waals surface area contributed by atoms with E-state index in [4.69, 9.17) is 13.9 Å². The lowest BCUT2D eigenvalue weighted by atomic mass is 10.1. The van der Waals surface area contributed by atoms with E-state index >= 15 is 0 Å². The summed E-state index contributed by atoms with van der Waals surface area (Å²) in [7, 11) is 0. The van der Waals surface area contributed by atoms with Crippen molar-refractivity contribution in [1.29, 1.82) is 0 Å². The standard InChI is InChI=1S/C19H21F2N3O4/c1-2-6-22-19(23-7-5-14-4-3-8-25-14)24-11-13-9-16-17(27-12-26-16)10-15(13)28-18(20)21/h2-4,8-10,18H,1,5-7,11-12H2,(H2,22,23,24). The van der Waals surface area contributed by atoms with E-state index in [1.807, 2.05) is 12.1 Å². The van der Waals surface area contributed by atoms with Gasteiger partial charge in [0.15, 0.2) is 17.5 Å². The van der Waals surface area contributed by atoms with Crippen molar-refractivity contribution in [3.63, 3.8) is 0 Å². The van der Waals surface area contributed by atoms with Gasteiger partial charge in [0, 0.05) is 31.1 Å². The normalized spacial score (nSPS) is 12.9. The summed E-state index contributed by atoms with van der Waals surface area (Å²) in [6.07, 6.45) is 3.98. The second-order valence-electron chi connectivity index (χ2n) is 5.78. The first-order valence-electron chi connectivity index (χ1n) is 8.68. The SMILES string of the molecule is C=CCNC(=NCc1cc2c(cc1OC(F)F)OCO2)NCCc1ccco1. The number of ether oxygens (including phenoxy) is 3. The van der Waals surface area contributed by atoms with Gasteiger partial charge >= 0.3 is 6.61 Å². The topological polar surface area (TPSA) is 77.3 Å². The van der Waals surface area contributed by atoms with Gasteiger partial charge in [-0.3, -0.25) is 0 Å². The van der Waals surface area contributed by atoms with Crippen LogP contribution in [0, 0.1) is 0 Å².